The molecule has 1 aliphatic rings. The molecule has 4 heteroatoms. The van der Waals surface area contributed by atoms with Gasteiger partial charge in [0.1, 0.15) is 12.4 Å². The first-order valence-electron chi connectivity index (χ1n) is 7.71. The molecule has 1 saturated heterocycles. The molecule has 1 N–H and O–H groups in total. The highest BCUT2D eigenvalue weighted by Gasteiger charge is 2.36. The molecule has 0 bridgehead atoms. The van der Waals surface area contributed by atoms with Crippen LogP contribution >= 0.6 is 0 Å². The van der Waals surface area contributed by atoms with Gasteiger partial charge in [-0.1, -0.05) is 17.7 Å². The van der Waals surface area contributed by atoms with Gasteiger partial charge >= 0.3 is 0 Å². The largest absolute Gasteiger partial charge is 0.492 e. The van der Waals surface area contributed by atoms with Gasteiger partial charge in [-0.15, -0.1) is 0 Å². The van der Waals surface area contributed by atoms with Crippen LogP contribution in [0.5, 0.6) is 5.75 Å². The molecule has 116 valence electrons. The quantitative estimate of drug-likeness (QED) is 0.905. The van der Waals surface area contributed by atoms with Gasteiger partial charge < -0.3 is 15.0 Å². The van der Waals surface area contributed by atoms with E-state index in [1.807, 2.05) is 45.2 Å². The minimum atomic E-state index is -0.406. The van der Waals surface area contributed by atoms with Crippen molar-refractivity contribution in [3.63, 3.8) is 0 Å². The molecule has 1 amide bonds. The molecule has 1 aromatic rings. The van der Waals surface area contributed by atoms with E-state index in [2.05, 4.69) is 5.32 Å². The topological polar surface area (TPSA) is 41.6 Å². The number of nitrogens with zero attached hydrogens (tertiary/aromatic N) is 1. The predicted molar refractivity (Wildman–Crippen MR) is 84.6 cm³/mol. The third kappa shape index (κ3) is 4.21. The van der Waals surface area contributed by atoms with E-state index in [4.69, 9.17) is 4.74 Å². The van der Waals surface area contributed by atoms with Gasteiger partial charge in [0.25, 0.3) is 0 Å². The first kappa shape index (κ1) is 15.8. The van der Waals surface area contributed by atoms with Crippen molar-refractivity contribution in [1.29, 1.82) is 0 Å². The molecule has 0 aliphatic carbocycles. The molecule has 0 aromatic heterocycles. The first-order chi connectivity index (χ1) is 10.0. The summed E-state index contributed by atoms with van der Waals surface area (Å²) in [4.78, 5) is 14.3. The number of benzene rings is 1. The SMILES string of the molecule is Cc1ccc(OCCN(C)C(=O)C2(C)CCCCN2)cc1. The lowest BCUT2D eigenvalue weighted by molar-refractivity contribution is -0.137. The lowest BCUT2D eigenvalue weighted by Gasteiger charge is -2.36. The number of aryl methyl sites for hydroxylation is 1. The molecule has 0 spiro atoms. The number of rotatable bonds is 5. The van der Waals surface area contributed by atoms with Crippen molar-refractivity contribution in [3.05, 3.63) is 29.8 Å². The molecule has 1 aromatic carbocycles. The molecule has 4 nitrogen and oxygen atoms in total. The van der Waals surface area contributed by atoms with E-state index in [1.54, 1.807) is 4.90 Å². The fraction of sp³-hybridized carbons (Fsp3) is 0.588. The number of hydrogen-bond donors (Lipinski definition) is 1. The number of carbonyl (C=O) groups is 1. The summed E-state index contributed by atoms with van der Waals surface area (Å²) in [5.74, 6) is 1.01. The fourth-order valence-corrected chi connectivity index (χ4v) is 2.70. The Hall–Kier alpha value is -1.55. The van der Waals surface area contributed by atoms with Crippen molar-refractivity contribution >= 4 is 5.91 Å². The standard InChI is InChI=1S/C17H26N2O2/c1-14-6-8-15(9-7-14)21-13-12-19(3)16(20)17(2)10-4-5-11-18-17/h6-9,18H,4-5,10-13H2,1-3H3. The second kappa shape index (κ2) is 6.94. The monoisotopic (exact) mass is 290 g/mol. The number of likely N-dealkylation sites (N-methyl/N-ethyl adjacent to an activating group) is 1. The van der Waals surface area contributed by atoms with Crippen LogP contribution in [0.3, 0.4) is 0 Å². The Bertz CT molecular complexity index is 464. The fourth-order valence-electron chi connectivity index (χ4n) is 2.70. The van der Waals surface area contributed by atoms with E-state index in [9.17, 15) is 4.79 Å². The van der Waals surface area contributed by atoms with E-state index in [0.717, 1.165) is 31.6 Å². The number of ether oxygens (including phenoxy) is 1. The van der Waals surface area contributed by atoms with Crippen molar-refractivity contribution < 1.29 is 9.53 Å². The highest BCUT2D eigenvalue weighted by atomic mass is 16.5. The normalized spacial score (nSPS) is 21.9. The average Bonchev–Trinajstić information content (AvgIpc) is 2.49. The van der Waals surface area contributed by atoms with Crippen molar-refractivity contribution in [2.24, 2.45) is 0 Å². The number of amides is 1. The predicted octanol–water partition coefficient (Wildman–Crippen LogP) is 2.36. The maximum atomic E-state index is 12.5. The van der Waals surface area contributed by atoms with E-state index in [-0.39, 0.29) is 5.91 Å². The zero-order valence-electron chi connectivity index (χ0n) is 13.3. The molecule has 0 radical (unpaired) electrons. The van der Waals surface area contributed by atoms with E-state index in [1.165, 1.54) is 5.56 Å². The Morgan fingerprint density at radius 1 is 1.33 bits per heavy atom. The van der Waals surface area contributed by atoms with Crippen molar-refractivity contribution in [3.8, 4) is 5.75 Å². The van der Waals surface area contributed by atoms with Crippen LogP contribution in [0.15, 0.2) is 24.3 Å². The molecule has 1 aliphatic heterocycles. The van der Waals surface area contributed by atoms with Crippen molar-refractivity contribution in [2.75, 3.05) is 26.7 Å². The summed E-state index contributed by atoms with van der Waals surface area (Å²) < 4.78 is 5.69. The zero-order chi connectivity index (χ0) is 15.3. The van der Waals surface area contributed by atoms with Crippen LogP contribution in [0.4, 0.5) is 0 Å². The summed E-state index contributed by atoms with van der Waals surface area (Å²) in [5.41, 5.74) is 0.808. The van der Waals surface area contributed by atoms with Crippen molar-refractivity contribution in [2.45, 2.75) is 38.6 Å². The van der Waals surface area contributed by atoms with Crippen LogP contribution in [-0.4, -0.2) is 43.1 Å². The summed E-state index contributed by atoms with van der Waals surface area (Å²) in [7, 11) is 1.85. The van der Waals surface area contributed by atoms with Gasteiger partial charge in [0.2, 0.25) is 5.91 Å². The van der Waals surface area contributed by atoms with Crippen molar-refractivity contribution in [1.82, 2.24) is 10.2 Å². The van der Waals surface area contributed by atoms with Gasteiger partial charge in [0, 0.05) is 7.05 Å². The van der Waals surface area contributed by atoms with E-state index in [0.29, 0.717) is 13.2 Å². The number of hydrogen-bond acceptors (Lipinski definition) is 3. The molecule has 1 unspecified atom stereocenters. The van der Waals surface area contributed by atoms with Crippen LogP contribution < -0.4 is 10.1 Å². The van der Waals surface area contributed by atoms with Gasteiger partial charge in [0.05, 0.1) is 12.1 Å². The molecule has 1 atom stereocenters. The molecule has 1 heterocycles. The molecule has 0 saturated carbocycles. The Morgan fingerprint density at radius 2 is 2.05 bits per heavy atom. The van der Waals surface area contributed by atoms with E-state index >= 15 is 0 Å². The van der Waals surface area contributed by atoms with E-state index < -0.39 is 5.54 Å². The van der Waals surface area contributed by atoms with Crippen LogP contribution in [0, 0.1) is 6.92 Å². The van der Waals surface area contributed by atoms with Gasteiger partial charge in [-0.25, -0.2) is 0 Å². The third-order valence-corrected chi connectivity index (χ3v) is 4.15. The second-order valence-electron chi connectivity index (χ2n) is 6.10. The molecule has 21 heavy (non-hydrogen) atoms. The second-order valence-corrected chi connectivity index (χ2v) is 6.10. The summed E-state index contributed by atoms with van der Waals surface area (Å²) >= 11 is 0. The summed E-state index contributed by atoms with van der Waals surface area (Å²) in [6.45, 7) is 6.10. The number of nitrogens with one attached hydrogen (secondary N) is 1. The smallest absolute Gasteiger partial charge is 0.242 e. The zero-order valence-corrected chi connectivity index (χ0v) is 13.3. The molecule has 1 fully saturated rings. The Kier molecular flexibility index (Phi) is 5.23. The van der Waals surface area contributed by atoms with Crippen LogP contribution in [-0.2, 0) is 4.79 Å². The van der Waals surface area contributed by atoms with Crippen LogP contribution in [0.25, 0.3) is 0 Å². The molecular formula is C17H26N2O2. The summed E-state index contributed by atoms with van der Waals surface area (Å²) in [6.07, 6.45) is 3.18. The maximum absolute atomic E-state index is 12.5. The molecule has 2 rings (SSSR count). The van der Waals surface area contributed by atoms with Gasteiger partial charge in [-0.2, -0.15) is 0 Å². The minimum absolute atomic E-state index is 0.162. The van der Waals surface area contributed by atoms with Crippen LogP contribution in [0.2, 0.25) is 0 Å². The minimum Gasteiger partial charge on any atom is -0.492 e. The maximum Gasteiger partial charge on any atom is 0.242 e. The Balaban J connectivity index is 1.79. The number of piperidine rings is 1. The average molecular weight is 290 g/mol. The summed E-state index contributed by atoms with van der Waals surface area (Å²) in [6, 6.07) is 7.97. The van der Waals surface area contributed by atoms with Gasteiger partial charge in [0.15, 0.2) is 0 Å². The Morgan fingerprint density at radius 3 is 2.67 bits per heavy atom. The van der Waals surface area contributed by atoms with Gasteiger partial charge in [-0.3, -0.25) is 4.79 Å². The molecular weight excluding hydrogens is 264 g/mol. The van der Waals surface area contributed by atoms with Gasteiger partial charge in [-0.05, 0) is 51.8 Å². The number of carbonyl (C=O) groups excluding carboxylic acids is 1. The lowest BCUT2D eigenvalue weighted by Crippen LogP contribution is -2.57. The first-order valence-corrected chi connectivity index (χ1v) is 7.71. The lowest BCUT2D eigenvalue weighted by atomic mass is 9.89. The summed E-state index contributed by atoms with van der Waals surface area (Å²) in [5, 5.41) is 3.36. The highest BCUT2D eigenvalue weighted by Crippen LogP contribution is 2.20. The Labute approximate surface area is 127 Å². The third-order valence-electron chi connectivity index (χ3n) is 4.15. The van der Waals surface area contributed by atoms with Crippen LogP contribution in [0.1, 0.15) is 31.7 Å². The highest BCUT2D eigenvalue weighted by molar-refractivity contribution is 5.85.